The van der Waals surface area contributed by atoms with Crippen molar-refractivity contribution in [3.8, 4) is 0 Å². The van der Waals surface area contributed by atoms with Gasteiger partial charge in [-0.25, -0.2) is 13.4 Å². The summed E-state index contributed by atoms with van der Waals surface area (Å²) in [4.78, 5) is 4.74. The van der Waals surface area contributed by atoms with Crippen LogP contribution in [0.4, 0.5) is 5.69 Å². The average Bonchev–Trinajstić information content (AvgIpc) is 2.34. The number of nitrogens with one attached hydrogen (secondary N) is 1. The molecule has 92 valence electrons. The summed E-state index contributed by atoms with van der Waals surface area (Å²) >= 11 is 1.73. The Morgan fingerprint density at radius 3 is 2.89 bits per heavy atom. The van der Waals surface area contributed by atoms with Gasteiger partial charge < -0.3 is 0 Å². The van der Waals surface area contributed by atoms with Crippen LogP contribution in [0, 0.1) is 0 Å². The lowest BCUT2D eigenvalue weighted by atomic mass is 10.1. The van der Waals surface area contributed by atoms with Crippen molar-refractivity contribution in [3.05, 3.63) is 42.5 Å². The summed E-state index contributed by atoms with van der Waals surface area (Å²) in [7, 11) is -3.16. The van der Waals surface area contributed by atoms with Gasteiger partial charge in [0.05, 0.1) is 9.79 Å². The number of benzene rings is 1. The van der Waals surface area contributed by atoms with Crippen LogP contribution < -0.4 is 4.99 Å². The molecule has 0 radical (unpaired) electrons. The van der Waals surface area contributed by atoms with E-state index >= 15 is 0 Å². The fraction of sp³-hybridized carbons (Fsp3) is 0.154. The third-order valence-corrected chi connectivity index (χ3v) is 5.28. The standard InChI is InChI=1S/C13H11NO2S2/c1-18(15,16)9-6-7-13-11(8-9)14-10-4-2-3-5-12(10)17-13/h2-8,12H,1H3/p+1. The molecule has 1 aromatic carbocycles. The molecule has 1 N–H and O–H groups in total. The maximum absolute atomic E-state index is 11.5. The van der Waals surface area contributed by atoms with Crippen molar-refractivity contribution in [2.45, 2.75) is 15.0 Å². The van der Waals surface area contributed by atoms with Crippen LogP contribution in [0.1, 0.15) is 0 Å². The van der Waals surface area contributed by atoms with Gasteiger partial charge in [0.25, 0.3) is 0 Å². The van der Waals surface area contributed by atoms with E-state index < -0.39 is 9.84 Å². The number of sulfone groups is 1. The molecule has 3 nitrogen and oxygen atoms in total. The normalized spacial score (nSPS) is 21.2. The van der Waals surface area contributed by atoms with Crippen LogP contribution in [0.15, 0.2) is 52.3 Å². The van der Waals surface area contributed by atoms with Gasteiger partial charge in [0.2, 0.25) is 5.69 Å². The Bertz CT molecular complexity index is 700. The van der Waals surface area contributed by atoms with Crippen LogP contribution >= 0.6 is 11.8 Å². The molecule has 0 spiro atoms. The van der Waals surface area contributed by atoms with Gasteiger partial charge in [-0.3, -0.25) is 0 Å². The first-order valence-electron chi connectivity index (χ1n) is 5.53. The summed E-state index contributed by atoms with van der Waals surface area (Å²) in [6.07, 6.45) is 9.38. The molecule has 1 aliphatic heterocycles. The highest BCUT2D eigenvalue weighted by Crippen LogP contribution is 2.33. The number of fused-ring (bicyclic) bond motifs is 2. The SMILES string of the molecule is CS(=O)(=O)c1ccc2c(c1)[NH+]=C1C=CC=CC1S2. The molecule has 3 rings (SSSR count). The van der Waals surface area contributed by atoms with Crippen LogP contribution in [0.25, 0.3) is 0 Å². The van der Waals surface area contributed by atoms with E-state index in [2.05, 4.69) is 11.1 Å². The fourth-order valence-electron chi connectivity index (χ4n) is 1.97. The topological polar surface area (TPSA) is 48.1 Å². The molecular formula is C13H12NO2S2+. The van der Waals surface area contributed by atoms with E-state index in [0.29, 0.717) is 10.1 Å². The van der Waals surface area contributed by atoms with Crippen molar-refractivity contribution in [1.82, 2.24) is 0 Å². The van der Waals surface area contributed by atoms with Gasteiger partial charge >= 0.3 is 0 Å². The number of hydrogen-bond acceptors (Lipinski definition) is 3. The Morgan fingerprint density at radius 1 is 1.28 bits per heavy atom. The molecule has 0 aromatic heterocycles. The summed E-state index contributed by atoms with van der Waals surface area (Å²) in [6, 6.07) is 5.23. The molecule has 1 unspecified atom stereocenters. The van der Waals surface area contributed by atoms with Crippen molar-refractivity contribution >= 4 is 33.0 Å². The zero-order chi connectivity index (χ0) is 12.8. The number of thioether (sulfide) groups is 1. The van der Waals surface area contributed by atoms with Crippen LogP contribution in [-0.4, -0.2) is 25.6 Å². The molecule has 1 heterocycles. The van der Waals surface area contributed by atoms with E-state index in [0.717, 1.165) is 16.3 Å². The number of allylic oxidation sites excluding steroid dienone is 3. The van der Waals surface area contributed by atoms with Crippen molar-refractivity contribution in [1.29, 1.82) is 0 Å². The molecular weight excluding hydrogens is 266 g/mol. The average molecular weight is 278 g/mol. The van der Waals surface area contributed by atoms with Gasteiger partial charge in [0.1, 0.15) is 5.25 Å². The van der Waals surface area contributed by atoms with Crippen LogP contribution in [0.5, 0.6) is 0 Å². The first-order valence-corrected chi connectivity index (χ1v) is 8.31. The smallest absolute Gasteiger partial charge is 0.218 e. The van der Waals surface area contributed by atoms with Crippen LogP contribution in [0.2, 0.25) is 0 Å². The second kappa shape index (κ2) is 4.10. The van der Waals surface area contributed by atoms with Crippen LogP contribution in [-0.2, 0) is 9.84 Å². The second-order valence-electron chi connectivity index (χ2n) is 4.29. The highest BCUT2D eigenvalue weighted by Gasteiger charge is 2.28. The molecule has 1 aliphatic carbocycles. The highest BCUT2D eigenvalue weighted by atomic mass is 32.2. The van der Waals surface area contributed by atoms with E-state index in [-0.39, 0.29) is 0 Å². The zero-order valence-electron chi connectivity index (χ0n) is 9.75. The minimum absolute atomic E-state index is 0.298. The first kappa shape index (κ1) is 11.7. The summed E-state index contributed by atoms with van der Waals surface area (Å²) in [6.45, 7) is 0. The summed E-state index contributed by atoms with van der Waals surface area (Å²) < 4.78 is 23.1. The van der Waals surface area contributed by atoms with Gasteiger partial charge in [-0.05, 0) is 12.1 Å². The predicted octanol–water partition coefficient (Wildman–Crippen LogP) is 0.844. The molecule has 0 saturated carbocycles. The molecule has 1 aromatic rings. The minimum Gasteiger partial charge on any atom is -0.224 e. The third-order valence-electron chi connectivity index (χ3n) is 2.89. The summed E-state index contributed by atoms with van der Waals surface area (Å²) in [5.41, 5.74) is 1.97. The molecule has 0 bridgehead atoms. The number of rotatable bonds is 1. The van der Waals surface area contributed by atoms with E-state index in [9.17, 15) is 8.42 Å². The minimum atomic E-state index is -3.16. The molecule has 5 heteroatoms. The van der Waals surface area contributed by atoms with E-state index in [4.69, 9.17) is 0 Å². The predicted molar refractivity (Wildman–Crippen MR) is 73.1 cm³/mol. The van der Waals surface area contributed by atoms with Gasteiger partial charge in [-0.1, -0.05) is 18.2 Å². The first-order chi connectivity index (χ1) is 8.54. The molecule has 0 saturated heterocycles. The zero-order valence-corrected chi connectivity index (χ0v) is 11.4. The second-order valence-corrected chi connectivity index (χ2v) is 7.49. The van der Waals surface area contributed by atoms with Crippen LogP contribution in [0.3, 0.4) is 0 Å². The van der Waals surface area contributed by atoms with Crippen molar-refractivity contribution in [2.75, 3.05) is 6.26 Å². The largest absolute Gasteiger partial charge is 0.224 e. The highest BCUT2D eigenvalue weighted by molar-refractivity contribution is 8.01. The van der Waals surface area contributed by atoms with Crippen molar-refractivity contribution in [3.63, 3.8) is 0 Å². The third kappa shape index (κ3) is 2.04. The van der Waals surface area contributed by atoms with E-state index in [1.165, 1.54) is 6.26 Å². The molecule has 18 heavy (non-hydrogen) atoms. The molecule has 1 atom stereocenters. The lowest BCUT2D eigenvalue weighted by molar-refractivity contribution is -0.358. The monoisotopic (exact) mass is 278 g/mol. The van der Waals surface area contributed by atoms with Crippen molar-refractivity contribution < 1.29 is 13.4 Å². The quantitative estimate of drug-likeness (QED) is 0.828. The van der Waals surface area contributed by atoms with Crippen molar-refractivity contribution in [2.24, 2.45) is 0 Å². The Balaban J connectivity index is 2.12. The maximum Gasteiger partial charge on any atom is 0.218 e. The fourth-order valence-corrected chi connectivity index (χ4v) is 3.71. The molecule has 0 fully saturated rings. The molecule has 2 aliphatic rings. The summed E-state index contributed by atoms with van der Waals surface area (Å²) in [5.74, 6) is 0. The molecule has 0 amide bonds. The van der Waals surface area contributed by atoms with Gasteiger partial charge in [-0.15, -0.1) is 11.8 Å². The van der Waals surface area contributed by atoms with Gasteiger partial charge in [0.15, 0.2) is 15.5 Å². The Kier molecular flexibility index (Phi) is 2.68. The Morgan fingerprint density at radius 2 is 2.11 bits per heavy atom. The Hall–Kier alpha value is -1.33. The van der Waals surface area contributed by atoms with E-state index in [1.807, 2.05) is 24.3 Å². The summed E-state index contributed by atoms with van der Waals surface area (Å²) in [5, 5.41) is 0.298. The van der Waals surface area contributed by atoms with Gasteiger partial charge in [-0.2, -0.15) is 0 Å². The maximum atomic E-state index is 11.5. The lowest BCUT2D eigenvalue weighted by Crippen LogP contribution is -2.70. The van der Waals surface area contributed by atoms with E-state index in [1.54, 1.807) is 23.9 Å². The lowest BCUT2D eigenvalue weighted by Gasteiger charge is -2.16. The number of hydrogen-bond donors (Lipinski definition) is 1. The Labute approximate surface area is 110 Å². The van der Waals surface area contributed by atoms with Gasteiger partial charge in [0, 0.05) is 18.4 Å².